The molecule has 0 aliphatic rings. The average molecular weight is 443 g/mol. The molecule has 0 radical (unpaired) electrons. The van der Waals surface area contributed by atoms with Gasteiger partial charge in [0.05, 0.1) is 23.6 Å². The normalized spacial score (nSPS) is 12.1. The number of para-hydroxylation sites is 2. The Bertz CT molecular complexity index is 950. The highest BCUT2D eigenvalue weighted by Crippen LogP contribution is 2.21. The maximum absolute atomic E-state index is 12.4. The van der Waals surface area contributed by atoms with Gasteiger partial charge in [-0.05, 0) is 42.7 Å². The fourth-order valence-corrected chi connectivity index (χ4v) is 3.38. The monoisotopic (exact) mass is 442 g/mol. The molecule has 2 aromatic carbocycles. The average Bonchev–Trinajstić information content (AvgIpc) is 3.09. The third-order valence-corrected chi connectivity index (χ3v) is 4.77. The Hall–Kier alpha value is -2.67. The van der Waals surface area contributed by atoms with Crippen LogP contribution in [0.1, 0.15) is 42.5 Å². The van der Waals surface area contributed by atoms with Gasteiger partial charge in [-0.1, -0.05) is 48.0 Å². The molecule has 1 heterocycles. The number of H-pyrrole nitrogens is 1. The Kier molecular flexibility index (Phi) is 6.46. The Morgan fingerprint density at radius 2 is 1.93 bits per heavy atom. The zero-order chi connectivity index (χ0) is 20.1. The summed E-state index contributed by atoms with van der Waals surface area (Å²) in [6.45, 7) is 4.09. The van der Waals surface area contributed by atoms with E-state index in [2.05, 4.69) is 50.4 Å². The van der Waals surface area contributed by atoms with Crippen molar-refractivity contribution in [1.82, 2.24) is 20.6 Å². The minimum Gasteiger partial charge on any atom is -0.345 e. The summed E-state index contributed by atoms with van der Waals surface area (Å²) in [4.78, 5) is 32.6. The number of rotatable bonds is 7. The lowest BCUT2D eigenvalue weighted by Gasteiger charge is -2.19. The minimum absolute atomic E-state index is 0.0971. The summed E-state index contributed by atoms with van der Waals surface area (Å²) in [6, 6.07) is 14.5. The molecule has 0 fully saturated rings. The number of nitrogens with one attached hydrogen (secondary N) is 3. The van der Waals surface area contributed by atoms with E-state index in [0.717, 1.165) is 27.8 Å². The molecule has 146 valence electrons. The van der Waals surface area contributed by atoms with E-state index < -0.39 is 0 Å². The van der Waals surface area contributed by atoms with E-state index >= 15 is 0 Å². The highest BCUT2D eigenvalue weighted by Gasteiger charge is 2.20. The van der Waals surface area contributed by atoms with Gasteiger partial charge in [0.25, 0.3) is 5.91 Å². The molecule has 2 amide bonds. The van der Waals surface area contributed by atoms with Crippen LogP contribution >= 0.6 is 15.9 Å². The number of benzene rings is 2. The Balaban J connectivity index is 1.65. The largest absolute Gasteiger partial charge is 0.345 e. The van der Waals surface area contributed by atoms with E-state index in [1.807, 2.05) is 30.3 Å². The summed E-state index contributed by atoms with van der Waals surface area (Å²) < 4.78 is 0.812. The molecular weight excluding hydrogens is 420 g/mol. The summed E-state index contributed by atoms with van der Waals surface area (Å²) in [5.41, 5.74) is 2.30. The highest BCUT2D eigenvalue weighted by molar-refractivity contribution is 9.10. The first-order valence-corrected chi connectivity index (χ1v) is 9.99. The van der Waals surface area contributed by atoms with Crippen LogP contribution in [-0.2, 0) is 4.79 Å². The molecule has 0 saturated heterocycles. The topological polar surface area (TPSA) is 86.9 Å². The lowest BCUT2D eigenvalue weighted by molar-refractivity contribution is -0.121. The number of halogens is 1. The van der Waals surface area contributed by atoms with Gasteiger partial charge in [-0.2, -0.15) is 0 Å². The first-order chi connectivity index (χ1) is 13.4. The number of nitrogens with zero attached hydrogens (tertiary/aromatic N) is 1. The fourth-order valence-electron chi connectivity index (χ4n) is 2.99. The van der Waals surface area contributed by atoms with Gasteiger partial charge >= 0.3 is 0 Å². The number of amides is 2. The van der Waals surface area contributed by atoms with E-state index in [0.29, 0.717) is 11.5 Å². The van der Waals surface area contributed by atoms with E-state index in [1.165, 1.54) is 0 Å². The quantitative estimate of drug-likeness (QED) is 0.517. The standard InChI is InChI=1S/C21H23BrN4O2/c1-13(2)10-18(20-25-16-8-3-4-9-17(16)26-20)24-19(27)12-23-21(28)14-6-5-7-15(22)11-14/h3-9,11,13,18H,10,12H2,1-2H3,(H,23,28)(H,24,27)(H,25,26). The molecule has 3 N–H and O–H groups in total. The Labute approximate surface area is 172 Å². The van der Waals surface area contributed by atoms with Crippen LogP contribution in [0.5, 0.6) is 0 Å². The Morgan fingerprint density at radius 1 is 1.14 bits per heavy atom. The van der Waals surface area contributed by atoms with Gasteiger partial charge < -0.3 is 15.6 Å². The van der Waals surface area contributed by atoms with Crippen molar-refractivity contribution in [2.24, 2.45) is 5.92 Å². The van der Waals surface area contributed by atoms with Crippen molar-refractivity contribution in [1.29, 1.82) is 0 Å². The van der Waals surface area contributed by atoms with Gasteiger partial charge in [-0.3, -0.25) is 9.59 Å². The first-order valence-electron chi connectivity index (χ1n) is 9.20. The molecule has 3 aromatic rings. The molecule has 1 aromatic heterocycles. The van der Waals surface area contributed by atoms with Crippen LogP contribution in [-0.4, -0.2) is 28.3 Å². The van der Waals surface area contributed by atoms with Crippen molar-refractivity contribution in [3.8, 4) is 0 Å². The third kappa shape index (κ3) is 5.19. The van der Waals surface area contributed by atoms with Crippen LogP contribution in [0, 0.1) is 5.92 Å². The molecule has 3 rings (SSSR count). The van der Waals surface area contributed by atoms with Gasteiger partial charge in [0.15, 0.2) is 0 Å². The first kappa shape index (κ1) is 20.1. The molecule has 7 heteroatoms. The van der Waals surface area contributed by atoms with Crippen molar-refractivity contribution < 1.29 is 9.59 Å². The smallest absolute Gasteiger partial charge is 0.251 e. The van der Waals surface area contributed by atoms with Crippen LogP contribution in [0.4, 0.5) is 0 Å². The van der Waals surface area contributed by atoms with E-state index in [1.54, 1.807) is 18.2 Å². The maximum Gasteiger partial charge on any atom is 0.251 e. The predicted molar refractivity (Wildman–Crippen MR) is 113 cm³/mol. The molecule has 1 unspecified atom stereocenters. The molecule has 0 aliphatic heterocycles. The van der Waals surface area contributed by atoms with Crippen LogP contribution in [0.3, 0.4) is 0 Å². The van der Waals surface area contributed by atoms with E-state index in [4.69, 9.17) is 0 Å². The van der Waals surface area contributed by atoms with Crippen molar-refractivity contribution in [3.63, 3.8) is 0 Å². The molecular formula is C21H23BrN4O2. The zero-order valence-electron chi connectivity index (χ0n) is 15.8. The molecule has 28 heavy (non-hydrogen) atoms. The summed E-state index contributed by atoms with van der Waals surface area (Å²) in [5, 5.41) is 5.65. The number of hydrogen-bond donors (Lipinski definition) is 3. The number of fused-ring (bicyclic) bond motifs is 1. The molecule has 1 atom stereocenters. The second kappa shape index (κ2) is 9.01. The van der Waals surface area contributed by atoms with E-state index in [-0.39, 0.29) is 24.4 Å². The lowest BCUT2D eigenvalue weighted by atomic mass is 10.0. The number of aromatic nitrogens is 2. The predicted octanol–water partition coefficient (Wildman–Crippen LogP) is 3.96. The lowest BCUT2D eigenvalue weighted by Crippen LogP contribution is -2.39. The number of carbonyl (C=O) groups excluding carboxylic acids is 2. The number of aromatic amines is 1. The van der Waals surface area contributed by atoms with Gasteiger partial charge in [0.1, 0.15) is 5.82 Å². The second-order valence-corrected chi connectivity index (χ2v) is 8.00. The highest BCUT2D eigenvalue weighted by atomic mass is 79.9. The number of carbonyl (C=O) groups is 2. The summed E-state index contributed by atoms with van der Waals surface area (Å²) in [7, 11) is 0. The zero-order valence-corrected chi connectivity index (χ0v) is 17.4. The molecule has 6 nitrogen and oxygen atoms in total. The van der Waals surface area contributed by atoms with Crippen molar-refractivity contribution in [3.05, 3.63) is 64.4 Å². The Morgan fingerprint density at radius 3 is 2.64 bits per heavy atom. The third-order valence-electron chi connectivity index (χ3n) is 4.28. The molecule has 0 bridgehead atoms. The molecule has 0 saturated carbocycles. The number of hydrogen-bond acceptors (Lipinski definition) is 3. The SMILES string of the molecule is CC(C)CC(NC(=O)CNC(=O)c1cccc(Br)c1)c1nc2ccccc2[nH]1. The van der Waals surface area contributed by atoms with Gasteiger partial charge in [-0.15, -0.1) is 0 Å². The van der Waals surface area contributed by atoms with Crippen molar-refractivity contribution in [2.45, 2.75) is 26.3 Å². The molecule has 0 aliphatic carbocycles. The summed E-state index contributed by atoms with van der Waals surface area (Å²) >= 11 is 3.34. The van der Waals surface area contributed by atoms with Gasteiger partial charge in [-0.25, -0.2) is 4.98 Å². The van der Waals surface area contributed by atoms with Crippen molar-refractivity contribution in [2.75, 3.05) is 6.54 Å². The van der Waals surface area contributed by atoms with Gasteiger partial charge in [0.2, 0.25) is 5.91 Å². The van der Waals surface area contributed by atoms with Crippen LogP contribution < -0.4 is 10.6 Å². The molecule has 0 spiro atoms. The second-order valence-electron chi connectivity index (χ2n) is 7.08. The van der Waals surface area contributed by atoms with Crippen LogP contribution in [0.2, 0.25) is 0 Å². The summed E-state index contributed by atoms with van der Waals surface area (Å²) in [6.07, 6.45) is 0.741. The van der Waals surface area contributed by atoms with Crippen LogP contribution in [0.15, 0.2) is 53.0 Å². The van der Waals surface area contributed by atoms with E-state index in [9.17, 15) is 9.59 Å². The summed E-state index contributed by atoms with van der Waals surface area (Å²) in [5.74, 6) is 0.548. The fraction of sp³-hybridized carbons (Fsp3) is 0.286. The van der Waals surface area contributed by atoms with Crippen molar-refractivity contribution >= 4 is 38.8 Å². The maximum atomic E-state index is 12.4. The van der Waals surface area contributed by atoms with Crippen LogP contribution in [0.25, 0.3) is 11.0 Å². The minimum atomic E-state index is -0.291. The van der Waals surface area contributed by atoms with Gasteiger partial charge in [0, 0.05) is 10.0 Å². The number of imidazole rings is 1.